The fourth-order valence-corrected chi connectivity index (χ4v) is 1.09. The Labute approximate surface area is 85.8 Å². The second-order valence-electron chi connectivity index (χ2n) is 2.48. The van der Waals surface area contributed by atoms with Crippen molar-refractivity contribution >= 4 is 33.2 Å². The minimum absolute atomic E-state index is 0.0427. The van der Waals surface area contributed by atoms with Crippen molar-refractivity contribution in [3.05, 3.63) is 23.3 Å². The smallest absolute Gasteiger partial charge is 0.290 e. The summed E-state index contributed by atoms with van der Waals surface area (Å²) < 4.78 is 25.3. The average molecular weight is 236 g/mol. The van der Waals surface area contributed by atoms with Gasteiger partial charge in [0.15, 0.2) is 5.78 Å². The second kappa shape index (κ2) is 3.93. The van der Waals surface area contributed by atoms with E-state index in [0.717, 1.165) is 12.3 Å². The first-order valence-corrected chi connectivity index (χ1v) is 5.64. The maximum atomic E-state index is 10.8. The van der Waals surface area contributed by atoms with E-state index in [9.17, 15) is 13.2 Å². The number of allylic oxidation sites excluding steroid dienone is 4. The summed E-state index contributed by atoms with van der Waals surface area (Å²) in [6.45, 7) is 0. The van der Waals surface area contributed by atoms with Crippen LogP contribution in [0.4, 0.5) is 0 Å². The lowest BCUT2D eigenvalue weighted by atomic mass is 10.2. The first kappa shape index (κ1) is 10.9. The normalized spacial score (nSPS) is 19.7. The molecule has 0 saturated heterocycles. The molecule has 0 spiro atoms. The van der Waals surface area contributed by atoms with Gasteiger partial charge in [0, 0.05) is 6.08 Å². The lowest BCUT2D eigenvalue weighted by molar-refractivity contribution is -0.110. The summed E-state index contributed by atoms with van der Waals surface area (Å²) in [5.74, 6) is -0.284. The van der Waals surface area contributed by atoms with Crippen molar-refractivity contribution in [3.63, 3.8) is 0 Å². The number of halogens is 1. The zero-order valence-electron chi connectivity index (χ0n) is 7.10. The second-order valence-corrected chi connectivity index (χ2v) is 4.45. The SMILES string of the molecule is CS(=O)(=O)ON=C1C=CC(=O)C=C1Cl. The Hall–Kier alpha value is -1.14. The number of carbonyl (C=O) groups excluding carboxylic acids is 1. The van der Waals surface area contributed by atoms with Gasteiger partial charge in [0.1, 0.15) is 5.71 Å². The lowest BCUT2D eigenvalue weighted by Gasteiger charge is -2.02. The molecule has 0 aromatic heterocycles. The van der Waals surface area contributed by atoms with Crippen LogP contribution in [0.15, 0.2) is 28.4 Å². The highest BCUT2D eigenvalue weighted by Gasteiger charge is 2.11. The summed E-state index contributed by atoms with van der Waals surface area (Å²) in [5, 5.41) is 3.30. The van der Waals surface area contributed by atoms with Gasteiger partial charge in [-0.25, -0.2) is 0 Å². The van der Waals surface area contributed by atoms with Crippen LogP contribution in [-0.2, 0) is 19.2 Å². The lowest BCUT2D eigenvalue weighted by Crippen LogP contribution is -2.06. The minimum atomic E-state index is -3.65. The quantitative estimate of drug-likeness (QED) is 0.518. The van der Waals surface area contributed by atoms with Crippen molar-refractivity contribution in [1.82, 2.24) is 0 Å². The Kier molecular flexibility index (Phi) is 3.07. The zero-order chi connectivity index (χ0) is 10.8. The van der Waals surface area contributed by atoms with Crippen LogP contribution in [0, 0.1) is 0 Å². The Morgan fingerprint density at radius 3 is 2.57 bits per heavy atom. The zero-order valence-corrected chi connectivity index (χ0v) is 8.67. The van der Waals surface area contributed by atoms with Crippen LogP contribution in [0.5, 0.6) is 0 Å². The third-order valence-corrected chi connectivity index (χ3v) is 1.84. The highest BCUT2D eigenvalue weighted by molar-refractivity contribution is 7.85. The third-order valence-electron chi connectivity index (χ3n) is 1.19. The van der Waals surface area contributed by atoms with E-state index in [2.05, 4.69) is 9.44 Å². The largest absolute Gasteiger partial charge is 0.325 e. The maximum Gasteiger partial charge on any atom is 0.325 e. The molecule has 0 amide bonds. The topological polar surface area (TPSA) is 72.8 Å². The predicted octanol–water partition coefficient (Wildman–Crippen LogP) is 0.580. The van der Waals surface area contributed by atoms with Crippen LogP contribution in [0.25, 0.3) is 0 Å². The van der Waals surface area contributed by atoms with Crippen molar-refractivity contribution in [2.75, 3.05) is 6.26 Å². The van der Waals surface area contributed by atoms with E-state index in [-0.39, 0.29) is 16.5 Å². The Morgan fingerprint density at radius 1 is 1.43 bits per heavy atom. The van der Waals surface area contributed by atoms with Crippen molar-refractivity contribution in [2.24, 2.45) is 5.16 Å². The van der Waals surface area contributed by atoms with Gasteiger partial charge in [-0.05, 0) is 12.2 Å². The van der Waals surface area contributed by atoms with Gasteiger partial charge in [-0.1, -0.05) is 16.8 Å². The molecule has 0 atom stereocenters. The molecule has 0 aliphatic heterocycles. The van der Waals surface area contributed by atoms with Gasteiger partial charge < -0.3 is 0 Å². The predicted molar refractivity (Wildman–Crippen MR) is 51.4 cm³/mol. The first-order valence-electron chi connectivity index (χ1n) is 3.45. The van der Waals surface area contributed by atoms with Crippen molar-refractivity contribution < 1.29 is 17.5 Å². The van der Waals surface area contributed by atoms with Crippen LogP contribution in [0.1, 0.15) is 0 Å². The number of rotatable bonds is 2. The van der Waals surface area contributed by atoms with Crippen molar-refractivity contribution in [3.8, 4) is 0 Å². The number of carbonyl (C=O) groups is 1. The summed E-state index contributed by atoms with van der Waals surface area (Å²) in [4.78, 5) is 10.8. The first-order chi connectivity index (χ1) is 6.38. The van der Waals surface area contributed by atoms with Gasteiger partial charge in [-0.15, -0.1) is 0 Å². The van der Waals surface area contributed by atoms with E-state index >= 15 is 0 Å². The van der Waals surface area contributed by atoms with E-state index in [4.69, 9.17) is 11.6 Å². The van der Waals surface area contributed by atoms with E-state index < -0.39 is 10.1 Å². The molecule has 0 N–H and O–H groups in total. The van der Waals surface area contributed by atoms with Gasteiger partial charge in [0.2, 0.25) is 0 Å². The van der Waals surface area contributed by atoms with Crippen LogP contribution < -0.4 is 0 Å². The van der Waals surface area contributed by atoms with Crippen LogP contribution in [0.2, 0.25) is 0 Å². The molecule has 14 heavy (non-hydrogen) atoms. The van der Waals surface area contributed by atoms with Gasteiger partial charge in [0.05, 0.1) is 11.3 Å². The number of oxime groups is 1. The van der Waals surface area contributed by atoms with Gasteiger partial charge in [0.25, 0.3) is 0 Å². The Balaban J connectivity index is 2.86. The van der Waals surface area contributed by atoms with Gasteiger partial charge in [-0.2, -0.15) is 8.42 Å². The number of hydrogen-bond donors (Lipinski definition) is 0. The molecule has 1 rings (SSSR count). The van der Waals surface area contributed by atoms with Crippen LogP contribution in [0.3, 0.4) is 0 Å². The fraction of sp³-hybridized carbons (Fsp3) is 0.143. The minimum Gasteiger partial charge on any atom is -0.290 e. The van der Waals surface area contributed by atoms with Gasteiger partial charge >= 0.3 is 10.1 Å². The summed E-state index contributed by atoms with van der Waals surface area (Å²) in [5.41, 5.74) is 0.0942. The van der Waals surface area contributed by atoms with Crippen molar-refractivity contribution in [2.45, 2.75) is 0 Å². The van der Waals surface area contributed by atoms with Gasteiger partial charge in [-0.3, -0.25) is 9.08 Å². The molecule has 0 unspecified atom stereocenters. The molecule has 0 aromatic rings. The molecule has 1 aliphatic carbocycles. The molecule has 7 heteroatoms. The molecule has 5 nitrogen and oxygen atoms in total. The fourth-order valence-electron chi connectivity index (χ4n) is 0.670. The molecule has 0 radical (unpaired) electrons. The van der Waals surface area contributed by atoms with Crippen molar-refractivity contribution in [1.29, 1.82) is 0 Å². The molecule has 0 saturated carbocycles. The van der Waals surface area contributed by atoms with E-state index in [1.54, 1.807) is 0 Å². The highest BCUT2D eigenvalue weighted by Crippen LogP contribution is 2.11. The highest BCUT2D eigenvalue weighted by atomic mass is 35.5. The Bertz CT molecular complexity index is 446. The summed E-state index contributed by atoms with van der Waals surface area (Å²) in [7, 11) is -3.65. The van der Waals surface area contributed by atoms with E-state index in [1.165, 1.54) is 12.2 Å². The Morgan fingerprint density at radius 2 is 2.07 bits per heavy atom. The number of hydrogen-bond acceptors (Lipinski definition) is 5. The average Bonchev–Trinajstić information content (AvgIpc) is 2.00. The van der Waals surface area contributed by atoms with Crippen LogP contribution in [-0.4, -0.2) is 26.2 Å². The molecular formula is C7H6ClNO4S. The molecular weight excluding hydrogens is 230 g/mol. The molecule has 1 aliphatic rings. The van der Waals surface area contributed by atoms with Crippen LogP contribution >= 0.6 is 11.6 Å². The summed E-state index contributed by atoms with van der Waals surface area (Å²) in [6.07, 6.45) is 4.45. The monoisotopic (exact) mass is 235 g/mol. The molecule has 0 aromatic carbocycles. The summed E-state index contributed by atoms with van der Waals surface area (Å²) >= 11 is 5.59. The summed E-state index contributed by atoms with van der Waals surface area (Å²) in [6, 6.07) is 0. The van der Waals surface area contributed by atoms with E-state index in [0.29, 0.717) is 0 Å². The molecule has 76 valence electrons. The third kappa shape index (κ3) is 3.31. The maximum absolute atomic E-state index is 10.8. The molecule has 0 heterocycles. The molecule has 0 bridgehead atoms. The molecule has 0 fully saturated rings. The van der Waals surface area contributed by atoms with E-state index in [1.807, 2.05) is 0 Å². The number of nitrogens with zero attached hydrogens (tertiary/aromatic N) is 1. The standard InChI is InChI=1S/C7H6ClNO4S/c1-14(11,12)13-9-7-3-2-5(10)4-6(7)8/h2-4H,1H3. The number of ketones is 1.